The highest BCUT2D eigenvalue weighted by Crippen LogP contribution is 2.24. The summed E-state index contributed by atoms with van der Waals surface area (Å²) in [6.45, 7) is 5.01. The maximum absolute atomic E-state index is 5.59. The molecule has 1 saturated heterocycles. The Morgan fingerprint density at radius 3 is 2.94 bits per heavy atom. The van der Waals surface area contributed by atoms with Crippen LogP contribution >= 0.6 is 11.8 Å². The predicted octanol–water partition coefficient (Wildman–Crippen LogP) is 2.69. The summed E-state index contributed by atoms with van der Waals surface area (Å²) in [5, 5.41) is 4.16. The van der Waals surface area contributed by atoms with E-state index in [9.17, 15) is 0 Å². The third kappa shape index (κ3) is 4.02. The number of thioether (sulfide) groups is 1. The number of rotatable bonds is 5. The maximum Gasteiger partial charge on any atom is 0.0600 e. The standard InChI is InChI=1S/C14H21NOS/c1-2-15-13-8-9-16-10-14(13)17-11-12-6-4-3-5-7-12/h3-7,13-15H,2,8-11H2,1H3. The Morgan fingerprint density at radius 2 is 2.18 bits per heavy atom. The van der Waals surface area contributed by atoms with Crippen molar-refractivity contribution >= 4 is 11.8 Å². The van der Waals surface area contributed by atoms with Crippen molar-refractivity contribution < 1.29 is 4.74 Å². The second-order valence-corrected chi connectivity index (χ2v) is 5.59. The molecule has 1 N–H and O–H groups in total. The largest absolute Gasteiger partial charge is 0.380 e. The van der Waals surface area contributed by atoms with Crippen LogP contribution in [0.5, 0.6) is 0 Å². The lowest BCUT2D eigenvalue weighted by Gasteiger charge is -2.31. The van der Waals surface area contributed by atoms with Crippen LogP contribution in [0.4, 0.5) is 0 Å². The SMILES string of the molecule is CCNC1CCOCC1SCc1ccccc1. The summed E-state index contributed by atoms with van der Waals surface area (Å²) in [6, 6.07) is 11.3. The van der Waals surface area contributed by atoms with Gasteiger partial charge in [-0.2, -0.15) is 0 Å². The van der Waals surface area contributed by atoms with Crippen molar-refractivity contribution in [1.82, 2.24) is 5.32 Å². The van der Waals surface area contributed by atoms with Crippen molar-refractivity contribution in [3.8, 4) is 0 Å². The Bertz CT molecular complexity index is 315. The molecule has 0 saturated carbocycles. The van der Waals surface area contributed by atoms with Crippen LogP contribution in [0, 0.1) is 0 Å². The Kier molecular flexibility index (Phi) is 5.36. The molecule has 1 aromatic rings. The van der Waals surface area contributed by atoms with Gasteiger partial charge in [0, 0.05) is 23.7 Å². The molecule has 1 aromatic carbocycles. The van der Waals surface area contributed by atoms with Gasteiger partial charge >= 0.3 is 0 Å². The normalized spacial score (nSPS) is 24.8. The summed E-state index contributed by atoms with van der Waals surface area (Å²) < 4.78 is 5.59. The minimum Gasteiger partial charge on any atom is -0.380 e. The van der Waals surface area contributed by atoms with Gasteiger partial charge in [-0.05, 0) is 18.5 Å². The monoisotopic (exact) mass is 251 g/mol. The van der Waals surface area contributed by atoms with Crippen molar-refractivity contribution in [2.45, 2.75) is 30.4 Å². The average Bonchev–Trinajstić information content (AvgIpc) is 2.39. The third-order valence-corrected chi connectivity index (χ3v) is 4.47. The van der Waals surface area contributed by atoms with Gasteiger partial charge in [-0.3, -0.25) is 0 Å². The van der Waals surface area contributed by atoms with E-state index in [4.69, 9.17) is 4.74 Å². The van der Waals surface area contributed by atoms with E-state index in [0.29, 0.717) is 11.3 Å². The van der Waals surface area contributed by atoms with E-state index in [1.807, 2.05) is 11.8 Å². The fourth-order valence-corrected chi connectivity index (χ4v) is 3.41. The van der Waals surface area contributed by atoms with Gasteiger partial charge in [0.25, 0.3) is 0 Å². The molecule has 1 aliphatic rings. The molecule has 2 atom stereocenters. The highest BCUT2D eigenvalue weighted by atomic mass is 32.2. The van der Waals surface area contributed by atoms with Gasteiger partial charge in [0.05, 0.1) is 6.61 Å². The van der Waals surface area contributed by atoms with Crippen molar-refractivity contribution in [3.63, 3.8) is 0 Å². The smallest absolute Gasteiger partial charge is 0.0600 e. The first-order valence-electron chi connectivity index (χ1n) is 6.37. The van der Waals surface area contributed by atoms with E-state index in [-0.39, 0.29) is 0 Å². The topological polar surface area (TPSA) is 21.3 Å². The molecule has 0 spiro atoms. The number of hydrogen-bond acceptors (Lipinski definition) is 3. The lowest BCUT2D eigenvalue weighted by molar-refractivity contribution is 0.0837. The van der Waals surface area contributed by atoms with Gasteiger partial charge in [0.2, 0.25) is 0 Å². The summed E-state index contributed by atoms with van der Waals surface area (Å²) in [5.41, 5.74) is 1.40. The minimum atomic E-state index is 0.587. The molecule has 2 unspecified atom stereocenters. The molecule has 1 heterocycles. The predicted molar refractivity (Wildman–Crippen MR) is 74.4 cm³/mol. The molecule has 1 aliphatic heterocycles. The first-order chi connectivity index (χ1) is 8.40. The maximum atomic E-state index is 5.59. The lowest BCUT2D eigenvalue weighted by atomic mass is 10.1. The summed E-state index contributed by atoms with van der Waals surface area (Å²) in [5.74, 6) is 1.08. The molecule has 0 bridgehead atoms. The lowest BCUT2D eigenvalue weighted by Crippen LogP contribution is -2.44. The summed E-state index contributed by atoms with van der Waals surface area (Å²) in [4.78, 5) is 0. The number of hydrogen-bond donors (Lipinski definition) is 1. The average molecular weight is 251 g/mol. The Balaban J connectivity index is 1.84. The number of nitrogens with one attached hydrogen (secondary N) is 1. The quantitative estimate of drug-likeness (QED) is 0.869. The summed E-state index contributed by atoms with van der Waals surface area (Å²) in [7, 11) is 0. The molecule has 0 amide bonds. The summed E-state index contributed by atoms with van der Waals surface area (Å²) in [6.07, 6.45) is 1.14. The van der Waals surface area contributed by atoms with E-state index in [1.54, 1.807) is 0 Å². The highest BCUT2D eigenvalue weighted by molar-refractivity contribution is 7.99. The fourth-order valence-electron chi connectivity index (χ4n) is 2.15. The van der Waals surface area contributed by atoms with Crippen molar-refractivity contribution in [1.29, 1.82) is 0 Å². The molecule has 94 valence electrons. The molecule has 2 rings (SSSR count). The van der Waals surface area contributed by atoms with Crippen LogP contribution in [0.25, 0.3) is 0 Å². The van der Waals surface area contributed by atoms with Crippen LogP contribution < -0.4 is 5.32 Å². The molecule has 0 radical (unpaired) electrons. The second kappa shape index (κ2) is 7.04. The Hall–Kier alpha value is -0.510. The van der Waals surface area contributed by atoms with E-state index in [0.717, 1.165) is 31.9 Å². The number of benzene rings is 1. The van der Waals surface area contributed by atoms with Gasteiger partial charge in [-0.1, -0.05) is 37.3 Å². The van der Waals surface area contributed by atoms with Gasteiger partial charge < -0.3 is 10.1 Å². The minimum absolute atomic E-state index is 0.587. The van der Waals surface area contributed by atoms with Crippen molar-refractivity contribution in [3.05, 3.63) is 35.9 Å². The van der Waals surface area contributed by atoms with Crippen LogP contribution in [0.15, 0.2) is 30.3 Å². The zero-order valence-electron chi connectivity index (χ0n) is 10.4. The highest BCUT2D eigenvalue weighted by Gasteiger charge is 2.25. The molecular formula is C14H21NOS. The zero-order chi connectivity index (χ0) is 11.9. The first kappa shape index (κ1) is 12.9. The van der Waals surface area contributed by atoms with Gasteiger partial charge in [-0.15, -0.1) is 11.8 Å². The van der Waals surface area contributed by atoms with E-state index < -0.39 is 0 Å². The van der Waals surface area contributed by atoms with Crippen molar-refractivity contribution in [2.24, 2.45) is 0 Å². The van der Waals surface area contributed by atoms with Gasteiger partial charge in [0.1, 0.15) is 0 Å². The molecule has 0 aromatic heterocycles. The van der Waals surface area contributed by atoms with Crippen LogP contribution in [0.1, 0.15) is 18.9 Å². The molecule has 1 fully saturated rings. The van der Waals surface area contributed by atoms with E-state index >= 15 is 0 Å². The second-order valence-electron chi connectivity index (χ2n) is 4.36. The summed E-state index contributed by atoms with van der Waals surface area (Å²) >= 11 is 2.01. The van der Waals surface area contributed by atoms with Crippen LogP contribution in [-0.4, -0.2) is 31.1 Å². The van der Waals surface area contributed by atoms with E-state index in [2.05, 4.69) is 42.6 Å². The molecule has 17 heavy (non-hydrogen) atoms. The third-order valence-electron chi connectivity index (χ3n) is 3.08. The van der Waals surface area contributed by atoms with Gasteiger partial charge in [0.15, 0.2) is 0 Å². The van der Waals surface area contributed by atoms with E-state index in [1.165, 1.54) is 5.56 Å². The molecule has 0 aliphatic carbocycles. The van der Waals surface area contributed by atoms with Crippen LogP contribution in [0.3, 0.4) is 0 Å². The van der Waals surface area contributed by atoms with Crippen molar-refractivity contribution in [2.75, 3.05) is 19.8 Å². The Labute approximate surface area is 108 Å². The fraction of sp³-hybridized carbons (Fsp3) is 0.571. The first-order valence-corrected chi connectivity index (χ1v) is 7.41. The molecule has 2 nitrogen and oxygen atoms in total. The molecular weight excluding hydrogens is 230 g/mol. The van der Waals surface area contributed by atoms with Crippen LogP contribution in [0.2, 0.25) is 0 Å². The zero-order valence-corrected chi connectivity index (χ0v) is 11.2. The van der Waals surface area contributed by atoms with Gasteiger partial charge in [-0.25, -0.2) is 0 Å². The van der Waals surface area contributed by atoms with Crippen LogP contribution in [-0.2, 0) is 10.5 Å². The number of ether oxygens (including phenoxy) is 1. The molecule has 3 heteroatoms. The Morgan fingerprint density at radius 1 is 1.35 bits per heavy atom.